The van der Waals surface area contributed by atoms with Gasteiger partial charge in [0.1, 0.15) is 0 Å². The largest absolute Gasteiger partial charge is 0.438 e. The number of ether oxygens (including phenoxy) is 1. The van der Waals surface area contributed by atoms with Crippen LogP contribution in [0.3, 0.4) is 0 Å². The summed E-state index contributed by atoms with van der Waals surface area (Å²) in [5, 5.41) is 10.9. The van der Waals surface area contributed by atoms with Crippen LogP contribution in [-0.2, 0) is 11.3 Å². The number of carbonyl (C=O) groups excluding carboxylic acids is 1. The molecule has 1 heterocycles. The van der Waals surface area contributed by atoms with Crippen molar-refractivity contribution >= 4 is 6.09 Å². The Bertz CT molecular complexity index is 561. The third-order valence-electron chi connectivity index (χ3n) is 4.42. The molecule has 0 saturated carbocycles. The maximum Gasteiger partial charge on any atom is 0.413 e. The molecule has 2 rings (SSSR count). The summed E-state index contributed by atoms with van der Waals surface area (Å²) in [4.78, 5) is 13.6. The van der Waals surface area contributed by atoms with Gasteiger partial charge >= 0.3 is 6.09 Å². The van der Waals surface area contributed by atoms with Crippen molar-refractivity contribution in [3.8, 4) is 0 Å². The number of hydrogen-bond acceptors (Lipinski definition) is 3. The van der Waals surface area contributed by atoms with Crippen LogP contribution in [0.4, 0.5) is 4.79 Å². The van der Waals surface area contributed by atoms with Crippen LogP contribution in [0.5, 0.6) is 0 Å². The van der Waals surface area contributed by atoms with Crippen LogP contribution in [0.25, 0.3) is 0 Å². The van der Waals surface area contributed by atoms with Crippen LogP contribution in [0.1, 0.15) is 46.1 Å². The molecular weight excluding hydrogens is 278 g/mol. The predicted octanol–water partition coefficient (Wildman–Crippen LogP) is 3.85. The minimum absolute atomic E-state index is 0.338. The Morgan fingerprint density at radius 3 is 2.50 bits per heavy atom. The van der Waals surface area contributed by atoms with E-state index >= 15 is 0 Å². The molecule has 1 fully saturated rings. The van der Waals surface area contributed by atoms with Crippen molar-refractivity contribution in [2.24, 2.45) is 0 Å². The van der Waals surface area contributed by atoms with E-state index in [4.69, 9.17) is 4.74 Å². The first-order valence-corrected chi connectivity index (χ1v) is 7.66. The fraction of sp³-hybridized carbons (Fsp3) is 0.500. The number of allylic oxidation sites excluding steroid dienone is 2. The molecule has 2 atom stereocenters. The SMILES string of the molecule is CC(C)=CCCC1(C)OC(=O)N(Cc2ccccc2)C1(C)O. The minimum Gasteiger partial charge on any atom is -0.438 e. The number of aliphatic hydroxyl groups is 1. The molecule has 2 unspecified atom stereocenters. The van der Waals surface area contributed by atoms with Crippen LogP contribution >= 0.6 is 0 Å². The monoisotopic (exact) mass is 303 g/mol. The standard InChI is InChI=1S/C18H25NO3/c1-14(2)9-8-12-17(3)18(4,21)19(16(20)22-17)13-15-10-6-5-7-11-15/h5-7,9-11,21H,8,12-13H2,1-4H3. The Kier molecular flexibility index (Phi) is 4.61. The van der Waals surface area contributed by atoms with E-state index in [-0.39, 0.29) is 0 Å². The summed E-state index contributed by atoms with van der Waals surface area (Å²) in [5.41, 5.74) is -0.0674. The van der Waals surface area contributed by atoms with E-state index in [9.17, 15) is 9.90 Å². The second kappa shape index (κ2) is 6.13. The minimum atomic E-state index is -1.34. The fourth-order valence-electron chi connectivity index (χ4n) is 2.72. The van der Waals surface area contributed by atoms with Crippen molar-refractivity contribution in [1.29, 1.82) is 0 Å². The highest BCUT2D eigenvalue weighted by molar-refractivity contribution is 5.72. The average molecular weight is 303 g/mol. The topological polar surface area (TPSA) is 49.8 Å². The number of rotatable bonds is 5. The van der Waals surface area contributed by atoms with E-state index < -0.39 is 17.4 Å². The summed E-state index contributed by atoms with van der Waals surface area (Å²) in [5.74, 6) is 0. The normalized spacial score (nSPS) is 27.7. The molecule has 0 aliphatic carbocycles. The Labute approximate surface area is 132 Å². The van der Waals surface area contributed by atoms with Gasteiger partial charge in [0.15, 0.2) is 11.3 Å². The maximum absolute atomic E-state index is 12.2. The lowest BCUT2D eigenvalue weighted by Crippen LogP contribution is -2.54. The first-order valence-electron chi connectivity index (χ1n) is 7.66. The van der Waals surface area contributed by atoms with E-state index in [1.807, 2.05) is 44.2 Å². The molecule has 1 amide bonds. The zero-order valence-electron chi connectivity index (χ0n) is 13.8. The highest BCUT2D eigenvalue weighted by atomic mass is 16.6. The summed E-state index contributed by atoms with van der Waals surface area (Å²) >= 11 is 0. The highest BCUT2D eigenvalue weighted by Gasteiger charge is 2.58. The van der Waals surface area contributed by atoms with E-state index in [2.05, 4.69) is 6.08 Å². The maximum atomic E-state index is 12.2. The van der Waals surface area contributed by atoms with Crippen molar-refractivity contribution in [2.45, 2.75) is 58.4 Å². The van der Waals surface area contributed by atoms with Gasteiger partial charge in [-0.25, -0.2) is 4.79 Å². The predicted molar refractivity (Wildman–Crippen MR) is 86.2 cm³/mol. The van der Waals surface area contributed by atoms with Crippen molar-refractivity contribution < 1.29 is 14.6 Å². The molecule has 22 heavy (non-hydrogen) atoms. The van der Waals surface area contributed by atoms with Crippen LogP contribution in [0.2, 0.25) is 0 Å². The summed E-state index contributed by atoms with van der Waals surface area (Å²) in [7, 11) is 0. The van der Waals surface area contributed by atoms with Crippen LogP contribution in [0, 0.1) is 0 Å². The van der Waals surface area contributed by atoms with Crippen molar-refractivity contribution in [1.82, 2.24) is 4.90 Å². The van der Waals surface area contributed by atoms with Gasteiger partial charge in [-0.05, 0) is 46.1 Å². The number of hydrogen-bond donors (Lipinski definition) is 1. The highest BCUT2D eigenvalue weighted by Crippen LogP contribution is 2.41. The van der Waals surface area contributed by atoms with Crippen LogP contribution < -0.4 is 0 Å². The second-order valence-corrected chi connectivity index (χ2v) is 6.51. The molecule has 1 saturated heterocycles. The molecule has 120 valence electrons. The molecule has 0 spiro atoms. The number of benzene rings is 1. The summed E-state index contributed by atoms with van der Waals surface area (Å²) in [6.45, 7) is 7.86. The molecule has 1 aromatic carbocycles. The van der Waals surface area contributed by atoms with Crippen LogP contribution in [0.15, 0.2) is 42.0 Å². The lowest BCUT2D eigenvalue weighted by Gasteiger charge is -2.37. The van der Waals surface area contributed by atoms with Crippen molar-refractivity contribution in [3.05, 3.63) is 47.5 Å². The summed E-state index contributed by atoms with van der Waals surface area (Å²) in [6, 6.07) is 9.62. The van der Waals surface area contributed by atoms with E-state index in [0.717, 1.165) is 12.0 Å². The molecule has 4 heteroatoms. The van der Waals surface area contributed by atoms with Gasteiger partial charge in [0.2, 0.25) is 0 Å². The molecule has 0 radical (unpaired) electrons. The van der Waals surface area contributed by atoms with Crippen LogP contribution in [-0.4, -0.2) is 27.4 Å². The Balaban J connectivity index is 2.16. The number of carbonyl (C=O) groups is 1. The second-order valence-electron chi connectivity index (χ2n) is 6.51. The van der Waals surface area contributed by atoms with Gasteiger partial charge in [0, 0.05) is 0 Å². The Hall–Kier alpha value is -1.81. The summed E-state index contributed by atoms with van der Waals surface area (Å²) in [6.07, 6.45) is 2.98. The lowest BCUT2D eigenvalue weighted by molar-refractivity contribution is -0.141. The van der Waals surface area contributed by atoms with Crippen molar-refractivity contribution in [3.63, 3.8) is 0 Å². The molecule has 1 aromatic rings. The zero-order valence-corrected chi connectivity index (χ0v) is 13.8. The molecular formula is C18H25NO3. The fourth-order valence-corrected chi connectivity index (χ4v) is 2.72. The van der Waals surface area contributed by atoms with E-state index in [1.165, 1.54) is 10.5 Å². The third kappa shape index (κ3) is 3.17. The smallest absolute Gasteiger partial charge is 0.413 e. The first-order chi connectivity index (χ1) is 10.3. The molecule has 1 aliphatic heterocycles. The van der Waals surface area contributed by atoms with Gasteiger partial charge < -0.3 is 9.84 Å². The molecule has 1 aliphatic rings. The number of amides is 1. The van der Waals surface area contributed by atoms with E-state index in [1.54, 1.807) is 13.8 Å². The first kappa shape index (κ1) is 16.6. The Morgan fingerprint density at radius 1 is 1.27 bits per heavy atom. The number of cyclic esters (lactones) is 1. The zero-order chi connectivity index (χ0) is 16.4. The Morgan fingerprint density at radius 2 is 1.91 bits per heavy atom. The summed E-state index contributed by atoms with van der Waals surface area (Å²) < 4.78 is 5.54. The lowest BCUT2D eigenvalue weighted by atomic mass is 9.88. The molecule has 0 aromatic heterocycles. The third-order valence-corrected chi connectivity index (χ3v) is 4.42. The molecule has 0 bridgehead atoms. The molecule has 1 N–H and O–H groups in total. The van der Waals surface area contributed by atoms with Gasteiger partial charge in [-0.1, -0.05) is 42.0 Å². The van der Waals surface area contributed by atoms with Gasteiger partial charge in [0.05, 0.1) is 6.54 Å². The van der Waals surface area contributed by atoms with E-state index in [0.29, 0.717) is 13.0 Å². The van der Waals surface area contributed by atoms with Crippen molar-refractivity contribution in [2.75, 3.05) is 0 Å². The van der Waals surface area contributed by atoms with Gasteiger partial charge in [-0.15, -0.1) is 0 Å². The van der Waals surface area contributed by atoms with Gasteiger partial charge in [0.25, 0.3) is 0 Å². The average Bonchev–Trinajstić information content (AvgIpc) is 2.60. The van der Waals surface area contributed by atoms with Gasteiger partial charge in [-0.2, -0.15) is 0 Å². The quantitative estimate of drug-likeness (QED) is 0.840. The molecule has 4 nitrogen and oxygen atoms in total. The number of nitrogens with zero attached hydrogens (tertiary/aromatic N) is 1. The van der Waals surface area contributed by atoms with Gasteiger partial charge in [-0.3, -0.25) is 4.90 Å².